The van der Waals surface area contributed by atoms with E-state index in [1.54, 1.807) is 0 Å². The van der Waals surface area contributed by atoms with Crippen LogP contribution in [0.4, 0.5) is 0 Å². The molecule has 0 radical (unpaired) electrons. The number of fused-ring (bicyclic) bond motifs is 7. The van der Waals surface area contributed by atoms with E-state index in [1.165, 1.54) is 13.8 Å². The highest BCUT2D eigenvalue weighted by atomic mass is 16.7. The molecule has 4 aliphatic carbocycles. The fourth-order valence-electron chi connectivity index (χ4n) is 10.8. The first kappa shape index (κ1) is 26.7. The minimum absolute atomic E-state index is 0.00679. The highest BCUT2D eigenvalue weighted by Gasteiger charge is 2.71. The summed E-state index contributed by atoms with van der Waals surface area (Å²) < 4.78 is 24.8. The zero-order chi connectivity index (χ0) is 27.2. The molecule has 38 heavy (non-hydrogen) atoms. The Balaban J connectivity index is 1.25. The summed E-state index contributed by atoms with van der Waals surface area (Å²) in [5.41, 5.74) is 0.0484. The Hall–Kier alpha value is -1.47. The molecule has 2 aliphatic heterocycles. The van der Waals surface area contributed by atoms with E-state index in [4.69, 9.17) is 18.9 Å². The summed E-state index contributed by atoms with van der Waals surface area (Å²) in [6.07, 6.45) is 6.64. The van der Waals surface area contributed by atoms with E-state index in [1.807, 2.05) is 0 Å². The molecule has 13 atom stereocenters. The monoisotopic (exact) mass is 530 g/mol. The van der Waals surface area contributed by atoms with E-state index in [9.17, 15) is 14.4 Å². The maximum atomic E-state index is 13.7. The first-order chi connectivity index (χ1) is 17.9. The Kier molecular flexibility index (Phi) is 6.35. The van der Waals surface area contributed by atoms with Crippen LogP contribution in [-0.2, 0) is 33.3 Å². The van der Waals surface area contributed by atoms with Gasteiger partial charge in [-0.3, -0.25) is 14.4 Å². The van der Waals surface area contributed by atoms with Crippen molar-refractivity contribution in [1.82, 2.24) is 0 Å². The average Bonchev–Trinajstić information content (AvgIpc) is 3.28. The first-order valence-electron chi connectivity index (χ1n) is 15.1. The van der Waals surface area contributed by atoms with Crippen LogP contribution in [0.2, 0.25) is 0 Å². The molecule has 7 nitrogen and oxygen atoms in total. The van der Waals surface area contributed by atoms with Crippen molar-refractivity contribution < 1.29 is 33.3 Å². The maximum Gasteiger partial charge on any atom is 0.303 e. The summed E-state index contributed by atoms with van der Waals surface area (Å²) in [7, 11) is 0. The molecule has 4 saturated carbocycles. The molecule has 6 fully saturated rings. The molecule has 0 bridgehead atoms. The van der Waals surface area contributed by atoms with Crippen LogP contribution in [0.3, 0.4) is 0 Å². The van der Waals surface area contributed by atoms with Gasteiger partial charge in [-0.2, -0.15) is 0 Å². The van der Waals surface area contributed by atoms with Crippen molar-refractivity contribution in [3.63, 3.8) is 0 Å². The standard InChI is InChI=1S/C31H46O7/c1-16-11-27(37-19(4)33)31(35-15-16)17(2)28-26(38-31)14-23-21-13-25(34)24-12-20(36-18(3)32)7-9-29(24,5)22(21)8-10-30(23,28)6/h16-17,20-24,26-28H,7-15H2,1-6H3/t16-,17+,20+,21-,22+,23+,24-,26+,27+,28+,29-,30+,31+/m1/s1. The van der Waals surface area contributed by atoms with Crippen LogP contribution >= 0.6 is 0 Å². The van der Waals surface area contributed by atoms with E-state index in [0.29, 0.717) is 54.8 Å². The van der Waals surface area contributed by atoms with Gasteiger partial charge in [-0.1, -0.05) is 27.7 Å². The Morgan fingerprint density at radius 1 is 0.921 bits per heavy atom. The summed E-state index contributed by atoms with van der Waals surface area (Å²) in [5, 5.41) is 0. The largest absolute Gasteiger partial charge is 0.463 e. The number of ether oxygens (including phenoxy) is 4. The SMILES string of the molecule is CC(=O)O[C@H]1CC[C@@]2(C)[C@H](C1)C(=O)C[C@@H]1[C@@H]2CC[C@]2(C)[C@@H]3[C@H](C[C@@H]12)O[C@@]1(OC[C@H](C)C[C@@H]1OC(C)=O)[C@H]3C. The third-order valence-corrected chi connectivity index (χ3v) is 12.3. The average molecular weight is 531 g/mol. The number of esters is 2. The van der Waals surface area contributed by atoms with E-state index >= 15 is 0 Å². The number of Topliss-reactive ketones (excluding diaryl/α,β-unsaturated/α-hetero) is 1. The molecular formula is C31H46O7. The van der Waals surface area contributed by atoms with Crippen LogP contribution in [-0.4, -0.2) is 48.4 Å². The van der Waals surface area contributed by atoms with Crippen LogP contribution in [0.25, 0.3) is 0 Å². The van der Waals surface area contributed by atoms with Gasteiger partial charge in [0.1, 0.15) is 11.9 Å². The third-order valence-electron chi connectivity index (χ3n) is 12.3. The lowest BCUT2D eigenvalue weighted by molar-refractivity contribution is -0.318. The van der Waals surface area contributed by atoms with Gasteiger partial charge in [0.2, 0.25) is 5.79 Å². The number of carbonyl (C=O) groups is 3. The normalized spacial score (nSPS) is 53.5. The van der Waals surface area contributed by atoms with E-state index in [0.717, 1.165) is 38.5 Å². The number of ketones is 1. The van der Waals surface area contributed by atoms with Gasteiger partial charge in [-0.25, -0.2) is 0 Å². The molecule has 0 aromatic rings. The van der Waals surface area contributed by atoms with E-state index in [2.05, 4.69) is 27.7 Å². The van der Waals surface area contributed by atoms with Crippen LogP contribution in [0.15, 0.2) is 0 Å². The summed E-state index contributed by atoms with van der Waals surface area (Å²) in [5.74, 6) is 1.06. The van der Waals surface area contributed by atoms with Gasteiger partial charge in [0.25, 0.3) is 0 Å². The van der Waals surface area contributed by atoms with Gasteiger partial charge in [-0.05, 0) is 85.4 Å². The van der Waals surface area contributed by atoms with Gasteiger partial charge in [0.05, 0.1) is 12.7 Å². The lowest BCUT2D eigenvalue weighted by Crippen LogP contribution is -2.59. The molecule has 1 spiro atoms. The van der Waals surface area contributed by atoms with Gasteiger partial charge >= 0.3 is 11.9 Å². The molecule has 2 saturated heterocycles. The number of hydrogen-bond acceptors (Lipinski definition) is 7. The topological polar surface area (TPSA) is 88.1 Å². The minimum atomic E-state index is -0.868. The summed E-state index contributed by atoms with van der Waals surface area (Å²) in [6.45, 7) is 12.7. The molecule has 0 N–H and O–H groups in total. The zero-order valence-electron chi connectivity index (χ0n) is 24.0. The van der Waals surface area contributed by atoms with Crippen molar-refractivity contribution in [1.29, 1.82) is 0 Å². The molecule has 6 aliphatic rings. The van der Waals surface area contributed by atoms with Gasteiger partial charge in [0, 0.05) is 32.1 Å². The molecule has 7 heteroatoms. The summed E-state index contributed by atoms with van der Waals surface area (Å²) in [4.78, 5) is 37.3. The maximum absolute atomic E-state index is 13.7. The van der Waals surface area contributed by atoms with Crippen molar-refractivity contribution in [2.45, 2.75) is 117 Å². The predicted molar refractivity (Wildman–Crippen MR) is 139 cm³/mol. The lowest BCUT2D eigenvalue weighted by atomic mass is 9.44. The molecule has 2 heterocycles. The fraction of sp³-hybridized carbons (Fsp3) is 0.903. The second kappa shape index (κ2) is 9.02. The third kappa shape index (κ3) is 3.77. The molecule has 0 aromatic heterocycles. The highest BCUT2D eigenvalue weighted by molar-refractivity contribution is 5.83. The predicted octanol–water partition coefficient (Wildman–Crippen LogP) is 5.09. The van der Waals surface area contributed by atoms with Crippen molar-refractivity contribution in [3.8, 4) is 0 Å². The quantitative estimate of drug-likeness (QED) is 0.460. The zero-order valence-corrected chi connectivity index (χ0v) is 24.0. The first-order valence-corrected chi connectivity index (χ1v) is 15.1. The second-order valence-electron chi connectivity index (χ2n) is 14.3. The Morgan fingerprint density at radius 3 is 2.34 bits per heavy atom. The van der Waals surface area contributed by atoms with Crippen LogP contribution in [0.5, 0.6) is 0 Å². The number of carbonyl (C=O) groups excluding carboxylic acids is 3. The Labute approximate surface area is 227 Å². The minimum Gasteiger partial charge on any atom is -0.463 e. The molecule has 212 valence electrons. The van der Waals surface area contributed by atoms with Crippen LogP contribution in [0, 0.1) is 52.3 Å². The van der Waals surface area contributed by atoms with Gasteiger partial charge < -0.3 is 18.9 Å². The van der Waals surface area contributed by atoms with Crippen LogP contribution in [0.1, 0.15) is 92.9 Å². The number of rotatable bonds is 2. The highest BCUT2D eigenvalue weighted by Crippen LogP contribution is 2.71. The molecule has 0 unspecified atom stereocenters. The van der Waals surface area contributed by atoms with Crippen molar-refractivity contribution in [2.75, 3.05) is 6.61 Å². The van der Waals surface area contributed by atoms with Crippen molar-refractivity contribution >= 4 is 17.7 Å². The van der Waals surface area contributed by atoms with Crippen molar-refractivity contribution in [2.24, 2.45) is 52.3 Å². The summed E-state index contributed by atoms with van der Waals surface area (Å²) in [6, 6.07) is 0. The Morgan fingerprint density at radius 2 is 1.63 bits per heavy atom. The van der Waals surface area contributed by atoms with Crippen LogP contribution < -0.4 is 0 Å². The van der Waals surface area contributed by atoms with Gasteiger partial charge in [-0.15, -0.1) is 0 Å². The van der Waals surface area contributed by atoms with Gasteiger partial charge in [0.15, 0.2) is 6.10 Å². The van der Waals surface area contributed by atoms with E-state index in [-0.39, 0.29) is 52.9 Å². The summed E-state index contributed by atoms with van der Waals surface area (Å²) >= 11 is 0. The number of hydrogen-bond donors (Lipinski definition) is 0. The lowest BCUT2D eigenvalue weighted by Gasteiger charge is -2.60. The Bertz CT molecular complexity index is 1010. The molecule has 0 amide bonds. The molecular weight excluding hydrogens is 484 g/mol. The van der Waals surface area contributed by atoms with Crippen molar-refractivity contribution in [3.05, 3.63) is 0 Å². The van der Waals surface area contributed by atoms with E-state index < -0.39 is 5.79 Å². The fourth-order valence-corrected chi connectivity index (χ4v) is 10.8. The second-order valence-corrected chi connectivity index (χ2v) is 14.3. The molecule has 6 rings (SSSR count). The smallest absolute Gasteiger partial charge is 0.303 e. The molecule has 0 aromatic carbocycles.